The van der Waals surface area contributed by atoms with Gasteiger partial charge in [0.1, 0.15) is 10.9 Å². The molecule has 0 saturated carbocycles. The molecule has 0 atom stereocenters. The van der Waals surface area contributed by atoms with Crippen molar-refractivity contribution in [1.29, 1.82) is 0 Å². The minimum absolute atomic E-state index is 0.167. The minimum atomic E-state index is -0.701. The number of ether oxygens (including phenoxy) is 1. The number of furan rings is 1. The van der Waals surface area contributed by atoms with Gasteiger partial charge in [-0.2, -0.15) is 0 Å². The van der Waals surface area contributed by atoms with Crippen molar-refractivity contribution in [2.24, 2.45) is 0 Å². The van der Waals surface area contributed by atoms with Gasteiger partial charge < -0.3 is 19.4 Å². The largest absolute Gasteiger partial charge is 0.467 e. The Labute approximate surface area is 148 Å². The second kappa shape index (κ2) is 8.84. The third-order valence-corrected chi connectivity index (χ3v) is 3.36. The summed E-state index contributed by atoms with van der Waals surface area (Å²) in [4.78, 5) is 40.4. The smallest absolute Gasteiger partial charge is 0.340 e. The summed E-state index contributed by atoms with van der Waals surface area (Å²) in [5.74, 6) is -0.968. The van der Waals surface area contributed by atoms with Crippen molar-refractivity contribution in [3.05, 3.63) is 53.2 Å². The van der Waals surface area contributed by atoms with Gasteiger partial charge in [-0.25, -0.2) is 9.78 Å². The van der Waals surface area contributed by atoms with Crippen LogP contribution in [0.3, 0.4) is 0 Å². The summed E-state index contributed by atoms with van der Waals surface area (Å²) in [5, 5.41) is 2.86. The number of pyridine rings is 1. The van der Waals surface area contributed by atoms with E-state index >= 15 is 0 Å². The van der Waals surface area contributed by atoms with Crippen LogP contribution in [-0.4, -0.2) is 47.9 Å². The number of esters is 1. The molecule has 0 radical (unpaired) electrons. The molecule has 2 aromatic rings. The monoisotopic (exact) mass is 365 g/mol. The lowest BCUT2D eigenvalue weighted by atomic mass is 10.3. The number of carbonyl (C=O) groups excluding carboxylic acids is 3. The number of rotatable bonds is 7. The average molecular weight is 366 g/mol. The molecule has 0 saturated heterocycles. The van der Waals surface area contributed by atoms with E-state index in [-0.39, 0.29) is 29.7 Å². The van der Waals surface area contributed by atoms with Crippen LogP contribution in [0, 0.1) is 0 Å². The van der Waals surface area contributed by atoms with Crippen molar-refractivity contribution in [1.82, 2.24) is 15.2 Å². The third-order valence-electron chi connectivity index (χ3n) is 3.14. The number of halogens is 1. The molecule has 0 aliphatic heterocycles. The number of amides is 2. The summed E-state index contributed by atoms with van der Waals surface area (Å²) < 4.78 is 9.98. The number of nitrogens with one attached hydrogen (secondary N) is 1. The number of nitrogens with zero attached hydrogens (tertiary/aromatic N) is 2. The Morgan fingerprint density at radius 1 is 1.32 bits per heavy atom. The molecule has 25 heavy (non-hydrogen) atoms. The molecule has 0 aliphatic carbocycles. The summed E-state index contributed by atoms with van der Waals surface area (Å²) in [6, 6.07) is 6.31. The van der Waals surface area contributed by atoms with E-state index < -0.39 is 18.5 Å². The van der Waals surface area contributed by atoms with Crippen molar-refractivity contribution >= 4 is 29.4 Å². The molecule has 0 aromatic carbocycles. The molecule has 2 amide bonds. The van der Waals surface area contributed by atoms with Crippen LogP contribution in [0.15, 0.2) is 41.1 Å². The highest BCUT2D eigenvalue weighted by Gasteiger charge is 2.16. The Bertz CT molecular complexity index is 731. The van der Waals surface area contributed by atoms with E-state index in [2.05, 4.69) is 10.3 Å². The Morgan fingerprint density at radius 3 is 2.76 bits per heavy atom. The van der Waals surface area contributed by atoms with Gasteiger partial charge in [-0.05, 0) is 24.3 Å². The van der Waals surface area contributed by atoms with Gasteiger partial charge in [0.15, 0.2) is 6.61 Å². The Kier molecular flexibility index (Phi) is 6.53. The van der Waals surface area contributed by atoms with Gasteiger partial charge in [0, 0.05) is 13.2 Å². The van der Waals surface area contributed by atoms with E-state index in [1.165, 1.54) is 31.6 Å². The lowest BCUT2D eigenvalue weighted by Gasteiger charge is -2.16. The van der Waals surface area contributed by atoms with Crippen LogP contribution in [0.1, 0.15) is 16.1 Å². The normalized spacial score (nSPS) is 10.2. The molecule has 1 N–H and O–H groups in total. The van der Waals surface area contributed by atoms with Gasteiger partial charge in [-0.3, -0.25) is 9.59 Å². The second-order valence-electron chi connectivity index (χ2n) is 5.05. The van der Waals surface area contributed by atoms with Crippen LogP contribution in [0.25, 0.3) is 0 Å². The average Bonchev–Trinajstić information content (AvgIpc) is 3.11. The first-order chi connectivity index (χ1) is 12.0. The summed E-state index contributed by atoms with van der Waals surface area (Å²) >= 11 is 5.62. The molecule has 9 heteroatoms. The quantitative estimate of drug-likeness (QED) is 0.585. The first-order valence-corrected chi connectivity index (χ1v) is 7.65. The number of likely N-dealkylation sites (N-methyl/N-ethyl adjacent to an activating group) is 1. The zero-order valence-electron chi connectivity index (χ0n) is 13.4. The number of hydrogen-bond donors (Lipinski definition) is 1. The SMILES string of the molecule is CN(CC(=O)NCc1ccco1)C(=O)COC(=O)c1ccc(Cl)nc1. The van der Waals surface area contributed by atoms with Gasteiger partial charge in [0.05, 0.1) is 24.9 Å². The highest BCUT2D eigenvalue weighted by Crippen LogP contribution is 2.06. The lowest BCUT2D eigenvalue weighted by Crippen LogP contribution is -2.39. The maximum absolute atomic E-state index is 11.9. The number of aromatic nitrogens is 1. The maximum Gasteiger partial charge on any atom is 0.340 e. The van der Waals surface area contributed by atoms with Crippen molar-refractivity contribution in [2.45, 2.75) is 6.54 Å². The summed E-state index contributed by atoms with van der Waals surface area (Å²) in [7, 11) is 1.44. The van der Waals surface area contributed by atoms with Crippen LogP contribution in [0.5, 0.6) is 0 Å². The van der Waals surface area contributed by atoms with E-state index in [1.807, 2.05) is 0 Å². The van der Waals surface area contributed by atoms with Crippen molar-refractivity contribution in [2.75, 3.05) is 20.2 Å². The third kappa shape index (κ3) is 5.92. The van der Waals surface area contributed by atoms with Crippen LogP contribution < -0.4 is 5.32 Å². The maximum atomic E-state index is 11.9. The first kappa shape index (κ1) is 18.5. The molecule has 8 nitrogen and oxygen atoms in total. The van der Waals surface area contributed by atoms with E-state index in [1.54, 1.807) is 12.1 Å². The number of hydrogen-bond acceptors (Lipinski definition) is 6. The molecule has 2 rings (SSSR count). The topological polar surface area (TPSA) is 102 Å². The fraction of sp³-hybridized carbons (Fsp3) is 0.250. The Morgan fingerprint density at radius 2 is 2.12 bits per heavy atom. The zero-order chi connectivity index (χ0) is 18.2. The standard InChI is InChI=1S/C16H16ClN3O5/c1-20(9-14(21)19-8-12-3-2-6-24-12)15(22)10-25-16(23)11-4-5-13(17)18-7-11/h2-7H,8-10H2,1H3,(H,19,21). The molecule has 0 unspecified atom stereocenters. The van der Waals surface area contributed by atoms with E-state index in [0.717, 1.165) is 4.90 Å². The van der Waals surface area contributed by atoms with E-state index in [0.29, 0.717) is 5.76 Å². The van der Waals surface area contributed by atoms with Crippen LogP contribution in [-0.2, 0) is 20.9 Å². The predicted octanol–water partition coefficient (Wildman–Crippen LogP) is 1.26. The minimum Gasteiger partial charge on any atom is -0.467 e. The van der Waals surface area contributed by atoms with Crippen LogP contribution in [0.4, 0.5) is 0 Å². The Balaban J connectivity index is 1.72. The van der Waals surface area contributed by atoms with E-state index in [9.17, 15) is 14.4 Å². The lowest BCUT2D eigenvalue weighted by molar-refractivity contribution is -0.137. The fourth-order valence-electron chi connectivity index (χ4n) is 1.78. The van der Waals surface area contributed by atoms with Crippen LogP contribution in [0.2, 0.25) is 5.15 Å². The molecule has 0 spiro atoms. The summed E-state index contributed by atoms with van der Waals surface area (Å²) in [6.07, 6.45) is 2.75. The molecule has 0 aliphatic rings. The predicted molar refractivity (Wildman–Crippen MR) is 87.7 cm³/mol. The van der Waals surface area contributed by atoms with Gasteiger partial charge in [0.2, 0.25) is 5.91 Å². The molecule has 2 aromatic heterocycles. The molecule has 0 fully saturated rings. The zero-order valence-corrected chi connectivity index (χ0v) is 14.2. The summed E-state index contributed by atoms with van der Waals surface area (Å²) in [5.41, 5.74) is 0.177. The van der Waals surface area contributed by atoms with Gasteiger partial charge >= 0.3 is 5.97 Å². The molecule has 2 heterocycles. The molecule has 132 valence electrons. The van der Waals surface area contributed by atoms with Gasteiger partial charge in [0.25, 0.3) is 5.91 Å². The van der Waals surface area contributed by atoms with Gasteiger partial charge in [-0.1, -0.05) is 11.6 Å². The highest BCUT2D eigenvalue weighted by atomic mass is 35.5. The highest BCUT2D eigenvalue weighted by molar-refractivity contribution is 6.29. The summed E-state index contributed by atoms with van der Waals surface area (Å²) in [6.45, 7) is -0.421. The first-order valence-electron chi connectivity index (χ1n) is 7.27. The molecule has 0 bridgehead atoms. The van der Waals surface area contributed by atoms with Crippen LogP contribution >= 0.6 is 11.6 Å². The van der Waals surface area contributed by atoms with E-state index in [4.69, 9.17) is 20.8 Å². The molecular formula is C16H16ClN3O5. The van der Waals surface area contributed by atoms with Gasteiger partial charge in [-0.15, -0.1) is 0 Å². The molecular weight excluding hydrogens is 350 g/mol. The number of carbonyl (C=O) groups is 3. The van der Waals surface area contributed by atoms with Crippen molar-refractivity contribution < 1.29 is 23.5 Å². The second-order valence-corrected chi connectivity index (χ2v) is 5.44. The van der Waals surface area contributed by atoms with Crippen molar-refractivity contribution in [3.8, 4) is 0 Å². The fourth-order valence-corrected chi connectivity index (χ4v) is 1.89. The van der Waals surface area contributed by atoms with Crippen molar-refractivity contribution in [3.63, 3.8) is 0 Å². The Hall–Kier alpha value is -2.87.